The third-order valence-corrected chi connectivity index (χ3v) is 3.48. The van der Waals surface area contributed by atoms with Gasteiger partial charge in [0.2, 0.25) is 0 Å². The molecule has 2 aromatic heterocycles. The number of amides is 1. The number of aromatic nitrogens is 3. The second-order valence-electron chi connectivity index (χ2n) is 5.50. The Morgan fingerprint density at radius 3 is 2.70 bits per heavy atom. The Hall–Kier alpha value is -1.91. The number of fused-ring (bicyclic) bond motifs is 1. The van der Waals surface area contributed by atoms with Crippen LogP contribution in [0.3, 0.4) is 0 Å². The van der Waals surface area contributed by atoms with Gasteiger partial charge in [-0.3, -0.25) is 4.79 Å². The largest absolute Gasteiger partial charge is 0.350 e. The summed E-state index contributed by atoms with van der Waals surface area (Å²) in [6, 6.07) is 2.29. The minimum absolute atomic E-state index is 0.0662. The molecule has 1 N–H and O–H groups in total. The number of carbonyl (C=O) groups is 1. The predicted molar refractivity (Wildman–Crippen MR) is 79.9 cm³/mol. The quantitative estimate of drug-likeness (QED) is 0.932. The Bertz CT molecular complexity index is 630. The van der Waals surface area contributed by atoms with Crippen molar-refractivity contribution in [3.63, 3.8) is 0 Å². The molecule has 0 radical (unpaired) electrons. The summed E-state index contributed by atoms with van der Waals surface area (Å²) in [5, 5.41) is 8.21. The molecular formula is C15H22N4O. The highest BCUT2D eigenvalue weighted by atomic mass is 16.1. The highest BCUT2D eigenvalue weighted by molar-refractivity contribution is 5.98. The van der Waals surface area contributed by atoms with E-state index in [4.69, 9.17) is 0 Å². The monoisotopic (exact) mass is 274 g/mol. The molecule has 5 nitrogen and oxygen atoms in total. The third kappa shape index (κ3) is 2.66. The van der Waals surface area contributed by atoms with Crippen LogP contribution in [0.5, 0.6) is 0 Å². The van der Waals surface area contributed by atoms with E-state index in [0.29, 0.717) is 5.56 Å². The normalized spacial score (nSPS) is 12.9. The highest BCUT2D eigenvalue weighted by Crippen LogP contribution is 2.19. The molecule has 2 aromatic rings. The van der Waals surface area contributed by atoms with Crippen molar-refractivity contribution < 1.29 is 4.79 Å². The Balaban J connectivity index is 2.41. The van der Waals surface area contributed by atoms with Crippen molar-refractivity contribution in [2.75, 3.05) is 0 Å². The van der Waals surface area contributed by atoms with Crippen molar-refractivity contribution in [2.24, 2.45) is 0 Å². The zero-order valence-electron chi connectivity index (χ0n) is 12.8. The molecule has 5 heteroatoms. The van der Waals surface area contributed by atoms with Gasteiger partial charge in [-0.05, 0) is 40.2 Å². The second kappa shape index (κ2) is 5.61. The molecule has 0 fully saturated rings. The molecule has 20 heavy (non-hydrogen) atoms. The lowest BCUT2D eigenvalue weighted by molar-refractivity contribution is 0.0938. The first-order chi connectivity index (χ1) is 9.43. The van der Waals surface area contributed by atoms with Gasteiger partial charge in [0.05, 0.1) is 17.5 Å². The van der Waals surface area contributed by atoms with E-state index < -0.39 is 0 Å². The summed E-state index contributed by atoms with van der Waals surface area (Å²) in [5.41, 5.74) is 2.19. The van der Waals surface area contributed by atoms with Crippen LogP contribution < -0.4 is 5.32 Å². The Labute approximate surface area is 119 Å². The molecule has 0 aromatic carbocycles. The van der Waals surface area contributed by atoms with Crippen LogP contribution >= 0.6 is 0 Å². The van der Waals surface area contributed by atoms with Crippen LogP contribution in [0.1, 0.15) is 56.2 Å². The van der Waals surface area contributed by atoms with Gasteiger partial charge in [-0.1, -0.05) is 6.92 Å². The van der Waals surface area contributed by atoms with Crippen molar-refractivity contribution in [1.82, 2.24) is 20.1 Å². The maximum atomic E-state index is 12.2. The Morgan fingerprint density at radius 1 is 1.40 bits per heavy atom. The number of nitrogens with zero attached hydrogens (tertiary/aromatic N) is 3. The van der Waals surface area contributed by atoms with Gasteiger partial charge in [-0.25, -0.2) is 9.67 Å². The second-order valence-corrected chi connectivity index (χ2v) is 5.50. The summed E-state index contributed by atoms with van der Waals surface area (Å²) in [5.74, 6) is -0.0662. The van der Waals surface area contributed by atoms with Crippen LogP contribution in [0.15, 0.2) is 12.3 Å². The van der Waals surface area contributed by atoms with Gasteiger partial charge < -0.3 is 5.32 Å². The summed E-state index contributed by atoms with van der Waals surface area (Å²) in [6.07, 6.45) is 2.67. The predicted octanol–water partition coefficient (Wildman–Crippen LogP) is 2.85. The van der Waals surface area contributed by atoms with Crippen molar-refractivity contribution in [3.05, 3.63) is 23.5 Å². The molecule has 0 saturated heterocycles. The molecule has 0 saturated carbocycles. The van der Waals surface area contributed by atoms with Crippen LogP contribution in [0.25, 0.3) is 11.0 Å². The fourth-order valence-electron chi connectivity index (χ4n) is 2.08. The molecule has 0 aliphatic heterocycles. The Kier molecular flexibility index (Phi) is 4.06. The molecule has 1 atom stereocenters. The first kappa shape index (κ1) is 14.5. The van der Waals surface area contributed by atoms with E-state index >= 15 is 0 Å². The highest BCUT2D eigenvalue weighted by Gasteiger charge is 2.16. The van der Waals surface area contributed by atoms with Gasteiger partial charge in [-0.2, -0.15) is 5.10 Å². The van der Waals surface area contributed by atoms with Crippen molar-refractivity contribution in [1.29, 1.82) is 0 Å². The molecule has 0 spiro atoms. The SMILES string of the molecule is CC[C@@H](C)NC(=O)c1cc2cnn(C(C)C)c2nc1C. The van der Waals surface area contributed by atoms with Crippen LogP contribution in [-0.4, -0.2) is 26.7 Å². The standard InChI is InChI=1S/C15H22N4O/c1-6-10(4)17-15(20)13-7-12-8-16-19(9(2)3)14(12)18-11(13)5/h7-10H,6H2,1-5H3,(H,17,20)/t10-/m1/s1. The number of aryl methyl sites for hydroxylation is 1. The molecule has 0 aliphatic rings. The number of hydrogen-bond acceptors (Lipinski definition) is 3. The molecule has 108 valence electrons. The van der Waals surface area contributed by atoms with Crippen molar-refractivity contribution in [2.45, 2.75) is 53.1 Å². The van der Waals surface area contributed by atoms with Gasteiger partial charge in [0, 0.05) is 17.5 Å². The third-order valence-electron chi connectivity index (χ3n) is 3.48. The van der Waals surface area contributed by atoms with Crippen molar-refractivity contribution >= 4 is 16.9 Å². The van der Waals surface area contributed by atoms with E-state index in [1.807, 2.05) is 31.5 Å². The lowest BCUT2D eigenvalue weighted by Crippen LogP contribution is -2.32. The summed E-state index contributed by atoms with van der Waals surface area (Å²) < 4.78 is 1.87. The maximum absolute atomic E-state index is 12.2. The fourth-order valence-corrected chi connectivity index (χ4v) is 2.08. The van der Waals surface area contributed by atoms with E-state index in [0.717, 1.165) is 23.1 Å². The summed E-state index contributed by atoms with van der Waals surface area (Å²) >= 11 is 0. The molecule has 2 heterocycles. The molecule has 2 rings (SSSR count). The zero-order valence-corrected chi connectivity index (χ0v) is 12.8. The van der Waals surface area contributed by atoms with Gasteiger partial charge in [0.25, 0.3) is 5.91 Å². The van der Waals surface area contributed by atoms with Crippen molar-refractivity contribution in [3.8, 4) is 0 Å². The van der Waals surface area contributed by atoms with Crippen LogP contribution in [0, 0.1) is 6.92 Å². The lowest BCUT2D eigenvalue weighted by atomic mass is 10.1. The number of rotatable bonds is 4. The summed E-state index contributed by atoms with van der Waals surface area (Å²) in [7, 11) is 0. The molecule has 0 unspecified atom stereocenters. The molecular weight excluding hydrogens is 252 g/mol. The zero-order chi connectivity index (χ0) is 14.9. The Morgan fingerprint density at radius 2 is 2.10 bits per heavy atom. The maximum Gasteiger partial charge on any atom is 0.253 e. The number of hydrogen-bond donors (Lipinski definition) is 1. The topological polar surface area (TPSA) is 59.8 Å². The molecule has 0 aliphatic carbocycles. The first-order valence-electron chi connectivity index (χ1n) is 7.09. The average Bonchev–Trinajstić information content (AvgIpc) is 2.80. The average molecular weight is 274 g/mol. The van der Waals surface area contributed by atoms with Gasteiger partial charge in [0.1, 0.15) is 0 Å². The molecule has 0 bridgehead atoms. The van der Waals surface area contributed by atoms with Crippen LogP contribution in [-0.2, 0) is 0 Å². The summed E-state index contributed by atoms with van der Waals surface area (Å²) in [4.78, 5) is 16.8. The van der Waals surface area contributed by atoms with Crippen LogP contribution in [0.2, 0.25) is 0 Å². The van der Waals surface area contributed by atoms with Crippen LogP contribution in [0.4, 0.5) is 0 Å². The number of pyridine rings is 1. The minimum atomic E-state index is -0.0662. The lowest BCUT2D eigenvalue weighted by Gasteiger charge is -2.13. The number of carbonyl (C=O) groups excluding carboxylic acids is 1. The molecule has 1 amide bonds. The van der Waals surface area contributed by atoms with E-state index in [2.05, 4.69) is 29.2 Å². The first-order valence-corrected chi connectivity index (χ1v) is 7.09. The number of nitrogens with one attached hydrogen (secondary N) is 1. The smallest absolute Gasteiger partial charge is 0.253 e. The fraction of sp³-hybridized carbons (Fsp3) is 0.533. The van der Waals surface area contributed by atoms with E-state index in [1.54, 1.807) is 6.20 Å². The van der Waals surface area contributed by atoms with E-state index in [9.17, 15) is 4.79 Å². The van der Waals surface area contributed by atoms with Gasteiger partial charge in [-0.15, -0.1) is 0 Å². The summed E-state index contributed by atoms with van der Waals surface area (Å²) in [6.45, 7) is 10.0. The van der Waals surface area contributed by atoms with Gasteiger partial charge in [0.15, 0.2) is 5.65 Å². The van der Waals surface area contributed by atoms with E-state index in [1.165, 1.54) is 0 Å². The van der Waals surface area contributed by atoms with Gasteiger partial charge >= 0.3 is 0 Å². The van der Waals surface area contributed by atoms with E-state index in [-0.39, 0.29) is 18.0 Å². The minimum Gasteiger partial charge on any atom is -0.350 e.